The lowest BCUT2D eigenvalue weighted by atomic mass is 10.1. The molecule has 102 valence electrons. The number of hydrogen-bond donors (Lipinski definition) is 2. The van der Waals surface area contributed by atoms with E-state index in [2.05, 4.69) is 0 Å². The molecule has 1 aliphatic rings. The first-order valence-corrected chi connectivity index (χ1v) is 6.34. The average Bonchev–Trinajstić information content (AvgIpc) is 2.99. The van der Waals surface area contributed by atoms with Crippen LogP contribution in [0.3, 0.4) is 0 Å². The van der Waals surface area contributed by atoms with E-state index in [1.165, 1.54) is 12.1 Å². The highest BCUT2D eigenvalue weighted by Gasteiger charge is 2.31. The molecule has 2 heterocycles. The summed E-state index contributed by atoms with van der Waals surface area (Å²) < 4.78 is 1.77. The number of fused-ring (bicyclic) bond motifs is 1. The van der Waals surface area contributed by atoms with Crippen molar-refractivity contribution in [3.05, 3.63) is 53.3 Å². The number of aromatic nitrogens is 1. The van der Waals surface area contributed by atoms with E-state index < -0.39 is 11.9 Å². The predicted octanol–water partition coefficient (Wildman–Crippen LogP) is 2.00. The molecular weight excluding hydrogens is 258 g/mol. The maximum absolute atomic E-state index is 12.4. The summed E-state index contributed by atoms with van der Waals surface area (Å²) in [6, 6.07) is 9.41. The quantitative estimate of drug-likeness (QED) is 0.837. The number of carbonyl (C=O) groups is 2. The fraction of sp³-hybridized carbons (Fsp3) is 0.200. The summed E-state index contributed by atoms with van der Waals surface area (Å²) in [5, 5.41) is 18.4. The molecule has 1 aromatic heterocycles. The van der Waals surface area contributed by atoms with Crippen LogP contribution in [0.2, 0.25) is 0 Å². The Bertz CT molecular complexity index is 684. The maximum Gasteiger partial charge on any atom is 0.312 e. The number of aliphatic carboxylic acids is 1. The van der Waals surface area contributed by atoms with E-state index in [0.717, 1.165) is 0 Å². The molecule has 1 aliphatic heterocycles. The summed E-state index contributed by atoms with van der Waals surface area (Å²) in [4.78, 5) is 23.5. The Balaban J connectivity index is 1.97. The molecule has 0 aliphatic carbocycles. The van der Waals surface area contributed by atoms with E-state index in [9.17, 15) is 14.7 Å². The fourth-order valence-electron chi connectivity index (χ4n) is 2.65. The van der Waals surface area contributed by atoms with Gasteiger partial charge in [0.1, 0.15) is 5.75 Å². The molecule has 3 rings (SSSR count). The van der Waals surface area contributed by atoms with Gasteiger partial charge in [-0.1, -0.05) is 0 Å². The average molecular weight is 271 g/mol. The second kappa shape index (κ2) is 4.52. The van der Waals surface area contributed by atoms with Crippen LogP contribution >= 0.6 is 0 Å². The zero-order valence-electron chi connectivity index (χ0n) is 10.6. The molecule has 0 bridgehead atoms. The van der Waals surface area contributed by atoms with E-state index in [-0.39, 0.29) is 11.5 Å². The predicted molar refractivity (Wildman–Crippen MR) is 71.0 cm³/mol. The van der Waals surface area contributed by atoms with Gasteiger partial charge in [-0.3, -0.25) is 9.59 Å². The van der Waals surface area contributed by atoms with Gasteiger partial charge in [0.15, 0.2) is 0 Å². The lowest BCUT2D eigenvalue weighted by molar-refractivity contribution is -0.138. The van der Waals surface area contributed by atoms with Gasteiger partial charge in [-0.25, -0.2) is 0 Å². The zero-order valence-corrected chi connectivity index (χ0v) is 10.6. The number of rotatable bonds is 3. The van der Waals surface area contributed by atoms with Gasteiger partial charge in [0.05, 0.1) is 11.6 Å². The Labute approximate surface area is 115 Å². The largest absolute Gasteiger partial charge is 0.508 e. The highest BCUT2D eigenvalue weighted by Crippen LogP contribution is 2.31. The van der Waals surface area contributed by atoms with Crippen LogP contribution in [0, 0.1) is 0 Å². The summed E-state index contributed by atoms with van der Waals surface area (Å²) >= 11 is 0. The monoisotopic (exact) mass is 271 g/mol. The van der Waals surface area contributed by atoms with Crippen LogP contribution in [0.5, 0.6) is 5.75 Å². The van der Waals surface area contributed by atoms with E-state index >= 15 is 0 Å². The number of carboxylic acids is 1. The number of phenols is 1. The van der Waals surface area contributed by atoms with Crippen molar-refractivity contribution in [1.82, 2.24) is 4.57 Å². The van der Waals surface area contributed by atoms with Crippen LogP contribution in [0.1, 0.15) is 34.1 Å². The molecule has 0 fully saturated rings. The van der Waals surface area contributed by atoms with E-state index in [1.54, 1.807) is 28.8 Å². The first-order chi connectivity index (χ1) is 9.58. The number of carbonyl (C=O) groups excluding carboxylic acids is 1. The summed E-state index contributed by atoms with van der Waals surface area (Å²) in [5.74, 6) is -1.45. The summed E-state index contributed by atoms with van der Waals surface area (Å²) in [6.07, 6.45) is 0.515. The minimum Gasteiger partial charge on any atom is -0.508 e. The molecule has 0 amide bonds. The third kappa shape index (κ3) is 1.87. The number of hydrogen-bond acceptors (Lipinski definition) is 3. The minimum atomic E-state index is -0.856. The molecule has 20 heavy (non-hydrogen) atoms. The zero-order chi connectivity index (χ0) is 14.3. The van der Waals surface area contributed by atoms with Crippen molar-refractivity contribution in [2.24, 2.45) is 0 Å². The van der Waals surface area contributed by atoms with Crippen LogP contribution in [0.4, 0.5) is 0 Å². The topological polar surface area (TPSA) is 79.5 Å². The van der Waals surface area contributed by atoms with Gasteiger partial charge in [0.2, 0.25) is 5.78 Å². The van der Waals surface area contributed by atoms with Crippen molar-refractivity contribution in [2.45, 2.75) is 18.9 Å². The second-order valence-electron chi connectivity index (χ2n) is 4.85. The molecule has 1 aromatic carbocycles. The number of carboxylic acid groups (broad SMARTS) is 1. The van der Waals surface area contributed by atoms with Gasteiger partial charge < -0.3 is 14.8 Å². The highest BCUT2D eigenvalue weighted by molar-refractivity contribution is 6.08. The Morgan fingerprint density at radius 1 is 1.10 bits per heavy atom. The Morgan fingerprint density at radius 3 is 2.45 bits per heavy atom. The molecule has 0 spiro atoms. The van der Waals surface area contributed by atoms with Crippen molar-refractivity contribution in [3.63, 3.8) is 0 Å². The number of benzene rings is 1. The lowest BCUT2D eigenvalue weighted by Gasteiger charge is -2.05. The van der Waals surface area contributed by atoms with E-state index in [0.29, 0.717) is 29.9 Å². The highest BCUT2D eigenvalue weighted by atomic mass is 16.4. The van der Waals surface area contributed by atoms with Crippen molar-refractivity contribution >= 4 is 11.8 Å². The molecule has 1 atom stereocenters. The Kier molecular flexibility index (Phi) is 2.82. The number of aromatic hydroxyl groups is 1. The van der Waals surface area contributed by atoms with Crippen LogP contribution in [0.25, 0.3) is 0 Å². The smallest absolute Gasteiger partial charge is 0.312 e. The van der Waals surface area contributed by atoms with Crippen molar-refractivity contribution < 1.29 is 19.8 Å². The first-order valence-electron chi connectivity index (χ1n) is 6.34. The van der Waals surface area contributed by atoms with Crippen LogP contribution < -0.4 is 0 Å². The third-order valence-corrected chi connectivity index (χ3v) is 3.67. The molecule has 2 aromatic rings. The lowest BCUT2D eigenvalue weighted by Crippen LogP contribution is -2.09. The maximum atomic E-state index is 12.4. The van der Waals surface area contributed by atoms with Gasteiger partial charge in [0, 0.05) is 17.8 Å². The standard InChI is InChI=1S/C15H13NO4/c17-10-3-1-9(2-4-10)14(18)13-6-5-12-11(15(19)20)7-8-16(12)13/h1-6,11,17H,7-8H2,(H,19,20)/t11-/m1/s1. The van der Waals surface area contributed by atoms with Crippen molar-refractivity contribution in [2.75, 3.05) is 0 Å². The van der Waals surface area contributed by atoms with Crippen molar-refractivity contribution in [1.29, 1.82) is 0 Å². The number of ketones is 1. The van der Waals surface area contributed by atoms with Gasteiger partial charge in [0.25, 0.3) is 0 Å². The molecule has 5 heteroatoms. The normalized spacial score (nSPS) is 16.9. The van der Waals surface area contributed by atoms with Gasteiger partial charge in [-0.2, -0.15) is 0 Å². The minimum absolute atomic E-state index is 0.105. The second-order valence-corrected chi connectivity index (χ2v) is 4.85. The number of phenolic OH excluding ortho intramolecular Hbond substituents is 1. The molecule has 2 N–H and O–H groups in total. The van der Waals surface area contributed by atoms with Crippen LogP contribution in [0.15, 0.2) is 36.4 Å². The molecular formula is C15H13NO4. The van der Waals surface area contributed by atoms with Crippen molar-refractivity contribution in [3.8, 4) is 5.75 Å². The first kappa shape index (κ1) is 12.5. The molecule has 0 saturated carbocycles. The summed E-state index contributed by atoms with van der Waals surface area (Å²) in [5.41, 5.74) is 1.65. The fourth-order valence-corrected chi connectivity index (χ4v) is 2.65. The number of nitrogens with zero attached hydrogens (tertiary/aromatic N) is 1. The van der Waals surface area contributed by atoms with Crippen LogP contribution in [-0.4, -0.2) is 26.5 Å². The Hall–Kier alpha value is -2.56. The van der Waals surface area contributed by atoms with E-state index in [4.69, 9.17) is 5.11 Å². The van der Waals surface area contributed by atoms with Gasteiger partial charge in [-0.05, 0) is 42.8 Å². The summed E-state index contributed by atoms with van der Waals surface area (Å²) in [7, 11) is 0. The Morgan fingerprint density at radius 2 is 1.80 bits per heavy atom. The molecule has 0 unspecified atom stereocenters. The molecule has 5 nitrogen and oxygen atoms in total. The van der Waals surface area contributed by atoms with Crippen LogP contribution in [-0.2, 0) is 11.3 Å². The molecule has 0 saturated heterocycles. The van der Waals surface area contributed by atoms with Gasteiger partial charge >= 0.3 is 5.97 Å². The third-order valence-electron chi connectivity index (χ3n) is 3.67. The van der Waals surface area contributed by atoms with Gasteiger partial charge in [-0.15, -0.1) is 0 Å². The van der Waals surface area contributed by atoms with E-state index in [1.807, 2.05) is 0 Å². The summed E-state index contributed by atoms with van der Waals surface area (Å²) in [6.45, 7) is 0.540. The molecule has 0 radical (unpaired) electrons. The SMILES string of the molecule is O=C(c1ccc(O)cc1)c1ccc2n1CC[C@H]2C(=O)O.